The van der Waals surface area contributed by atoms with Gasteiger partial charge in [-0.1, -0.05) is 6.92 Å². The lowest BCUT2D eigenvalue weighted by atomic mass is 10.0. The van der Waals surface area contributed by atoms with Gasteiger partial charge in [-0.2, -0.15) is 0 Å². The number of anilines is 1. The summed E-state index contributed by atoms with van der Waals surface area (Å²) in [5, 5.41) is 5.54. The van der Waals surface area contributed by atoms with Crippen LogP contribution in [0.1, 0.15) is 25.8 Å². The third kappa shape index (κ3) is 2.38. The zero-order valence-electron chi connectivity index (χ0n) is 10.2. The molecule has 0 amide bonds. The predicted octanol–water partition coefficient (Wildman–Crippen LogP) is 3.82. The molecule has 0 aliphatic rings. The number of aryl methyl sites for hydroxylation is 1. The molecule has 0 radical (unpaired) electrons. The lowest BCUT2D eigenvalue weighted by molar-refractivity contribution is 0.552. The van der Waals surface area contributed by atoms with Gasteiger partial charge in [0.25, 0.3) is 0 Å². The van der Waals surface area contributed by atoms with E-state index in [2.05, 4.69) is 41.4 Å². The summed E-state index contributed by atoms with van der Waals surface area (Å²) in [6, 6.07) is 0. The summed E-state index contributed by atoms with van der Waals surface area (Å²) < 4.78 is 1.11. The highest BCUT2D eigenvalue weighted by atomic mass is 35.5. The van der Waals surface area contributed by atoms with Crippen molar-refractivity contribution in [2.45, 2.75) is 32.7 Å². The maximum Gasteiger partial charge on any atom is 0.147 e. The van der Waals surface area contributed by atoms with Gasteiger partial charge in [0.1, 0.15) is 12.1 Å². The van der Waals surface area contributed by atoms with Crippen LogP contribution in [0.4, 0.5) is 5.82 Å². The molecular weight excluding hydrogens is 254 g/mol. The summed E-state index contributed by atoms with van der Waals surface area (Å²) >= 11 is 7.68. The van der Waals surface area contributed by atoms with Crippen molar-refractivity contribution in [2.24, 2.45) is 0 Å². The van der Waals surface area contributed by atoms with E-state index in [1.165, 1.54) is 5.56 Å². The van der Waals surface area contributed by atoms with Crippen LogP contribution in [0.5, 0.6) is 0 Å². The molecule has 0 saturated heterocycles. The quantitative estimate of drug-likeness (QED) is 0.858. The molecule has 0 saturated carbocycles. The minimum atomic E-state index is -0.124. The first kappa shape index (κ1) is 12.6. The third-order valence-electron chi connectivity index (χ3n) is 3.03. The molecule has 1 N–H and O–H groups in total. The number of hydrogen-bond donors (Lipinski definition) is 1. The molecule has 0 fully saturated rings. The molecule has 92 valence electrons. The van der Waals surface area contributed by atoms with Gasteiger partial charge >= 0.3 is 0 Å². The molecule has 0 aliphatic heterocycles. The molecule has 3 nitrogen and oxygen atoms in total. The van der Waals surface area contributed by atoms with E-state index in [0.717, 1.165) is 22.5 Å². The Labute approximate surface area is 110 Å². The van der Waals surface area contributed by atoms with Crippen molar-refractivity contribution in [3.8, 4) is 0 Å². The molecule has 0 spiro atoms. The Morgan fingerprint density at radius 2 is 2.24 bits per heavy atom. The molecule has 0 aliphatic carbocycles. The van der Waals surface area contributed by atoms with Gasteiger partial charge in [-0.05, 0) is 31.2 Å². The number of nitrogens with one attached hydrogen (secondary N) is 1. The molecule has 0 bridgehead atoms. The van der Waals surface area contributed by atoms with Gasteiger partial charge in [-0.3, -0.25) is 0 Å². The average Bonchev–Trinajstić information content (AvgIpc) is 2.72. The molecule has 17 heavy (non-hydrogen) atoms. The number of nitrogens with zero attached hydrogens (tertiary/aromatic N) is 2. The van der Waals surface area contributed by atoms with Gasteiger partial charge in [0.15, 0.2) is 0 Å². The van der Waals surface area contributed by atoms with E-state index in [0.29, 0.717) is 5.88 Å². The molecule has 2 heterocycles. The number of halogens is 1. The van der Waals surface area contributed by atoms with Crippen LogP contribution in [0, 0.1) is 6.92 Å². The summed E-state index contributed by atoms with van der Waals surface area (Å²) in [6.45, 7) is 6.29. The largest absolute Gasteiger partial charge is 0.362 e. The van der Waals surface area contributed by atoms with E-state index in [9.17, 15) is 0 Å². The van der Waals surface area contributed by atoms with Crippen LogP contribution in [-0.4, -0.2) is 21.4 Å². The molecule has 2 rings (SSSR count). The van der Waals surface area contributed by atoms with Crippen LogP contribution >= 0.6 is 22.9 Å². The summed E-state index contributed by atoms with van der Waals surface area (Å²) in [4.78, 5) is 8.64. The average molecular weight is 270 g/mol. The second-order valence-electron chi connectivity index (χ2n) is 4.49. The van der Waals surface area contributed by atoms with Crippen LogP contribution in [0.2, 0.25) is 0 Å². The Hall–Kier alpha value is -0.870. The lowest BCUT2D eigenvalue weighted by Crippen LogP contribution is -2.36. The summed E-state index contributed by atoms with van der Waals surface area (Å²) in [6.07, 6.45) is 2.56. The summed E-state index contributed by atoms with van der Waals surface area (Å²) in [5.74, 6) is 1.44. The van der Waals surface area contributed by atoms with E-state index in [-0.39, 0.29) is 5.54 Å². The summed E-state index contributed by atoms with van der Waals surface area (Å²) in [7, 11) is 0. The molecule has 0 aromatic carbocycles. The highest BCUT2D eigenvalue weighted by Gasteiger charge is 2.22. The second kappa shape index (κ2) is 4.78. The number of aromatic nitrogens is 2. The van der Waals surface area contributed by atoms with E-state index in [1.807, 2.05) is 0 Å². The van der Waals surface area contributed by atoms with E-state index in [1.54, 1.807) is 17.7 Å². The highest BCUT2D eigenvalue weighted by molar-refractivity contribution is 7.18. The van der Waals surface area contributed by atoms with Crippen molar-refractivity contribution in [1.82, 2.24) is 9.97 Å². The highest BCUT2D eigenvalue weighted by Crippen LogP contribution is 2.30. The van der Waals surface area contributed by atoms with Crippen molar-refractivity contribution < 1.29 is 0 Å². The molecule has 2 aromatic heterocycles. The van der Waals surface area contributed by atoms with E-state index >= 15 is 0 Å². The van der Waals surface area contributed by atoms with Gasteiger partial charge in [0.05, 0.1) is 10.2 Å². The fraction of sp³-hybridized carbons (Fsp3) is 0.500. The second-order valence-corrected chi connectivity index (χ2v) is 5.64. The monoisotopic (exact) mass is 269 g/mol. The van der Waals surface area contributed by atoms with Crippen molar-refractivity contribution >= 4 is 39.0 Å². The van der Waals surface area contributed by atoms with Crippen LogP contribution in [0.15, 0.2) is 11.7 Å². The first-order chi connectivity index (χ1) is 8.09. The van der Waals surface area contributed by atoms with Gasteiger partial charge in [0.2, 0.25) is 0 Å². The number of fused-ring (bicyclic) bond motifs is 1. The molecular formula is C12H16ClN3S. The topological polar surface area (TPSA) is 37.8 Å². The van der Waals surface area contributed by atoms with Crippen LogP contribution < -0.4 is 5.32 Å². The zero-order chi connectivity index (χ0) is 12.5. The minimum absolute atomic E-state index is 0.124. The number of alkyl halides is 1. The molecule has 1 unspecified atom stereocenters. The fourth-order valence-corrected chi connectivity index (χ4v) is 2.76. The zero-order valence-corrected chi connectivity index (χ0v) is 11.8. The molecule has 2 aromatic rings. The van der Waals surface area contributed by atoms with Gasteiger partial charge in [0, 0.05) is 11.4 Å². The minimum Gasteiger partial charge on any atom is -0.362 e. The Balaban J connectivity index is 2.42. The van der Waals surface area contributed by atoms with E-state index < -0.39 is 0 Å². The van der Waals surface area contributed by atoms with Crippen LogP contribution in [0.3, 0.4) is 0 Å². The van der Waals surface area contributed by atoms with Gasteiger partial charge in [-0.15, -0.1) is 22.9 Å². The van der Waals surface area contributed by atoms with Crippen LogP contribution in [-0.2, 0) is 0 Å². The van der Waals surface area contributed by atoms with Gasteiger partial charge < -0.3 is 5.32 Å². The predicted molar refractivity (Wildman–Crippen MR) is 75.2 cm³/mol. The number of hydrogen-bond acceptors (Lipinski definition) is 4. The normalized spacial score (nSPS) is 14.8. The molecule has 1 atom stereocenters. The van der Waals surface area contributed by atoms with Crippen molar-refractivity contribution in [3.05, 3.63) is 17.3 Å². The van der Waals surface area contributed by atoms with Crippen molar-refractivity contribution in [1.29, 1.82) is 0 Å². The Morgan fingerprint density at radius 3 is 2.88 bits per heavy atom. The first-order valence-corrected chi connectivity index (χ1v) is 7.04. The van der Waals surface area contributed by atoms with Crippen molar-refractivity contribution in [2.75, 3.05) is 11.2 Å². The fourth-order valence-electron chi connectivity index (χ4n) is 1.56. The van der Waals surface area contributed by atoms with Crippen LogP contribution in [0.25, 0.3) is 10.2 Å². The van der Waals surface area contributed by atoms with Crippen molar-refractivity contribution in [3.63, 3.8) is 0 Å². The molecule has 5 heteroatoms. The maximum absolute atomic E-state index is 6.01. The smallest absolute Gasteiger partial charge is 0.147 e. The summed E-state index contributed by atoms with van der Waals surface area (Å²) in [5.41, 5.74) is 2.10. The standard InChI is InChI=1S/C12H16ClN3S/c1-4-12(3,6-13)16-11-10-9(14-7-15-11)8(2)5-17-10/h5,7H,4,6H2,1-3H3,(H,14,15,16). The maximum atomic E-state index is 6.01. The van der Waals surface area contributed by atoms with Gasteiger partial charge in [-0.25, -0.2) is 9.97 Å². The Kier molecular flexibility index (Phi) is 3.54. The number of rotatable bonds is 4. The Bertz CT molecular complexity index is 519. The third-order valence-corrected chi connectivity index (χ3v) is 4.71. The number of thiophene rings is 1. The lowest BCUT2D eigenvalue weighted by Gasteiger charge is -2.27. The Morgan fingerprint density at radius 1 is 1.47 bits per heavy atom. The van der Waals surface area contributed by atoms with E-state index in [4.69, 9.17) is 11.6 Å². The first-order valence-electron chi connectivity index (χ1n) is 5.62. The SMILES string of the molecule is CCC(C)(CCl)Nc1ncnc2c(C)csc12.